The van der Waals surface area contributed by atoms with E-state index in [4.69, 9.17) is 0 Å². The highest BCUT2D eigenvalue weighted by molar-refractivity contribution is 7.89. The second-order valence-electron chi connectivity index (χ2n) is 9.01. The molecule has 0 fully saturated rings. The SMILES string of the molecule is C=CCN(CC(=O)N1CCc2sccc2C1c1ccc(C)cc1)S(=O)(=O)c1cccc2ccccc12. The molecule has 1 aliphatic heterocycles. The molecule has 0 saturated heterocycles. The van der Waals surface area contributed by atoms with Crippen molar-refractivity contribution < 1.29 is 13.2 Å². The first-order valence-electron chi connectivity index (χ1n) is 11.9. The van der Waals surface area contributed by atoms with Gasteiger partial charge in [0.2, 0.25) is 15.9 Å². The number of thiophene rings is 1. The molecule has 7 heteroatoms. The Hall–Kier alpha value is -3.26. The van der Waals surface area contributed by atoms with E-state index < -0.39 is 10.0 Å². The Labute approximate surface area is 216 Å². The Balaban J connectivity index is 1.49. The van der Waals surface area contributed by atoms with Crippen molar-refractivity contribution in [1.82, 2.24) is 9.21 Å². The van der Waals surface area contributed by atoms with Crippen molar-refractivity contribution in [2.45, 2.75) is 24.3 Å². The van der Waals surface area contributed by atoms with E-state index in [0.29, 0.717) is 11.9 Å². The van der Waals surface area contributed by atoms with E-state index >= 15 is 0 Å². The van der Waals surface area contributed by atoms with E-state index in [1.807, 2.05) is 48.2 Å². The van der Waals surface area contributed by atoms with Gasteiger partial charge in [0, 0.05) is 23.4 Å². The number of rotatable bonds is 7. The van der Waals surface area contributed by atoms with Crippen LogP contribution in [0.2, 0.25) is 0 Å². The third-order valence-corrected chi connectivity index (χ3v) is 9.56. The molecule has 0 aliphatic carbocycles. The van der Waals surface area contributed by atoms with Crippen LogP contribution >= 0.6 is 11.3 Å². The van der Waals surface area contributed by atoms with Gasteiger partial charge in [-0.15, -0.1) is 17.9 Å². The molecule has 1 atom stereocenters. The summed E-state index contributed by atoms with van der Waals surface area (Å²) in [6, 6.07) is 22.7. The number of amides is 1. The minimum absolute atomic E-state index is 0.0457. The van der Waals surface area contributed by atoms with Crippen LogP contribution in [0.3, 0.4) is 0 Å². The van der Waals surface area contributed by atoms with E-state index in [0.717, 1.165) is 28.5 Å². The van der Waals surface area contributed by atoms with E-state index in [9.17, 15) is 13.2 Å². The van der Waals surface area contributed by atoms with Gasteiger partial charge >= 0.3 is 0 Å². The average molecular weight is 517 g/mol. The molecule has 1 aliphatic rings. The van der Waals surface area contributed by atoms with Crippen molar-refractivity contribution in [3.63, 3.8) is 0 Å². The molecule has 2 heterocycles. The van der Waals surface area contributed by atoms with Gasteiger partial charge in [-0.25, -0.2) is 8.42 Å². The summed E-state index contributed by atoms with van der Waals surface area (Å²) in [7, 11) is -3.94. The lowest BCUT2D eigenvalue weighted by Crippen LogP contribution is -2.46. The Bertz CT molecular complexity index is 1520. The number of aryl methyl sites for hydroxylation is 1. The van der Waals surface area contributed by atoms with Crippen LogP contribution in [0, 0.1) is 6.92 Å². The van der Waals surface area contributed by atoms with Crippen LogP contribution in [0.1, 0.15) is 27.6 Å². The summed E-state index contributed by atoms with van der Waals surface area (Å²) in [5.74, 6) is -0.219. The van der Waals surface area contributed by atoms with E-state index in [-0.39, 0.29) is 29.9 Å². The molecule has 0 bridgehead atoms. The minimum atomic E-state index is -3.94. The maximum atomic E-state index is 13.8. The smallest absolute Gasteiger partial charge is 0.244 e. The Kier molecular flexibility index (Phi) is 6.79. The number of carbonyl (C=O) groups is 1. The van der Waals surface area contributed by atoms with Crippen molar-refractivity contribution in [3.8, 4) is 0 Å². The first kappa shape index (κ1) is 24.4. The van der Waals surface area contributed by atoms with Gasteiger partial charge < -0.3 is 4.90 Å². The van der Waals surface area contributed by atoms with Crippen LogP contribution in [-0.2, 0) is 21.2 Å². The summed E-state index contributed by atoms with van der Waals surface area (Å²) in [5.41, 5.74) is 3.30. The lowest BCUT2D eigenvalue weighted by atomic mass is 9.92. The van der Waals surface area contributed by atoms with Crippen molar-refractivity contribution in [2.24, 2.45) is 0 Å². The number of nitrogens with zero attached hydrogens (tertiary/aromatic N) is 2. The summed E-state index contributed by atoms with van der Waals surface area (Å²) in [6.45, 7) is 6.13. The molecule has 36 heavy (non-hydrogen) atoms. The van der Waals surface area contributed by atoms with Crippen LogP contribution in [0.5, 0.6) is 0 Å². The predicted octanol–water partition coefficient (Wildman–Crippen LogP) is 5.56. The zero-order chi connectivity index (χ0) is 25.3. The Morgan fingerprint density at radius 3 is 2.61 bits per heavy atom. The highest BCUT2D eigenvalue weighted by atomic mass is 32.2. The number of hydrogen-bond acceptors (Lipinski definition) is 4. The van der Waals surface area contributed by atoms with Crippen LogP contribution < -0.4 is 0 Å². The quantitative estimate of drug-likeness (QED) is 0.302. The molecule has 0 N–H and O–H groups in total. The number of sulfonamides is 1. The molecule has 1 amide bonds. The second-order valence-corrected chi connectivity index (χ2v) is 11.9. The molecule has 5 nitrogen and oxygen atoms in total. The van der Waals surface area contributed by atoms with E-state index in [1.165, 1.54) is 15.3 Å². The predicted molar refractivity (Wildman–Crippen MR) is 146 cm³/mol. The van der Waals surface area contributed by atoms with Crippen molar-refractivity contribution in [1.29, 1.82) is 0 Å². The van der Waals surface area contributed by atoms with Crippen LogP contribution in [0.25, 0.3) is 10.8 Å². The molecule has 0 radical (unpaired) electrons. The molecule has 4 aromatic rings. The monoisotopic (exact) mass is 516 g/mol. The number of carbonyl (C=O) groups excluding carboxylic acids is 1. The van der Waals surface area contributed by atoms with Gasteiger partial charge in [0.1, 0.15) is 0 Å². The fraction of sp³-hybridized carbons (Fsp3) is 0.207. The van der Waals surface area contributed by atoms with Crippen LogP contribution in [0.4, 0.5) is 0 Å². The summed E-state index contributed by atoms with van der Waals surface area (Å²) in [5, 5.41) is 3.54. The first-order chi connectivity index (χ1) is 17.4. The molecular weight excluding hydrogens is 488 g/mol. The lowest BCUT2D eigenvalue weighted by molar-refractivity contribution is -0.133. The van der Waals surface area contributed by atoms with Gasteiger partial charge in [-0.2, -0.15) is 4.31 Å². The minimum Gasteiger partial charge on any atom is -0.330 e. The number of benzene rings is 3. The molecule has 1 unspecified atom stereocenters. The van der Waals surface area contributed by atoms with Crippen LogP contribution in [0.15, 0.2) is 95.7 Å². The third-order valence-electron chi connectivity index (χ3n) is 6.69. The van der Waals surface area contributed by atoms with Gasteiger partial charge in [-0.3, -0.25) is 4.79 Å². The third kappa shape index (κ3) is 4.50. The summed E-state index contributed by atoms with van der Waals surface area (Å²) in [4.78, 5) is 17.1. The Morgan fingerprint density at radius 1 is 1.08 bits per heavy atom. The Morgan fingerprint density at radius 2 is 1.83 bits per heavy atom. The standard InChI is InChI=1S/C29H28N2O3S2/c1-3-17-30(36(33,34)27-10-6-8-22-7-4-5-9-24(22)27)20-28(32)31-18-15-26-25(16-19-35-26)29(31)23-13-11-21(2)12-14-23/h3-14,16,19,29H,1,15,17-18,20H2,2H3. The van der Waals surface area contributed by atoms with Gasteiger partial charge in [-0.05, 0) is 47.4 Å². The highest BCUT2D eigenvalue weighted by Gasteiger charge is 2.35. The second kappa shape index (κ2) is 10.0. The van der Waals surface area contributed by atoms with Crippen molar-refractivity contribution in [3.05, 3.63) is 112 Å². The normalized spacial score (nSPS) is 15.7. The molecule has 5 rings (SSSR count). The summed E-state index contributed by atoms with van der Waals surface area (Å²) >= 11 is 1.71. The van der Waals surface area contributed by atoms with Gasteiger partial charge in [0.25, 0.3) is 0 Å². The lowest BCUT2D eigenvalue weighted by Gasteiger charge is -2.37. The molecule has 3 aromatic carbocycles. The average Bonchev–Trinajstić information content (AvgIpc) is 3.37. The topological polar surface area (TPSA) is 57.7 Å². The molecule has 0 spiro atoms. The van der Waals surface area contributed by atoms with Gasteiger partial charge in [-0.1, -0.05) is 72.3 Å². The summed E-state index contributed by atoms with van der Waals surface area (Å²) in [6.07, 6.45) is 2.29. The summed E-state index contributed by atoms with van der Waals surface area (Å²) < 4.78 is 28.9. The fourth-order valence-corrected chi connectivity index (χ4v) is 7.36. The molecule has 1 aromatic heterocycles. The highest BCUT2D eigenvalue weighted by Crippen LogP contribution is 2.38. The maximum Gasteiger partial charge on any atom is 0.244 e. The molecular formula is C29H28N2O3S2. The maximum absolute atomic E-state index is 13.8. The molecule has 0 saturated carbocycles. The van der Waals surface area contributed by atoms with Gasteiger partial charge in [0.15, 0.2) is 0 Å². The van der Waals surface area contributed by atoms with E-state index in [1.54, 1.807) is 29.5 Å². The zero-order valence-corrected chi connectivity index (χ0v) is 21.8. The number of fused-ring (bicyclic) bond motifs is 2. The fourth-order valence-electron chi connectivity index (χ4n) is 4.89. The van der Waals surface area contributed by atoms with E-state index in [2.05, 4.69) is 30.2 Å². The van der Waals surface area contributed by atoms with Gasteiger partial charge in [0.05, 0.1) is 17.5 Å². The van der Waals surface area contributed by atoms with Crippen molar-refractivity contribution >= 4 is 38.0 Å². The van der Waals surface area contributed by atoms with Crippen molar-refractivity contribution in [2.75, 3.05) is 19.6 Å². The largest absolute Gasteiger partial charge is 0.330 e. The first-order valence-corrected chi connectivity index (χ1v) is 14.2. The zero-order valence-electron chi connectivity index (χ0n) is 20.1. The molecule has 184 valence electrons. The van der Waals surface area contributed by atoms with Crippen LogP contribution in [-0.4, -0.2) is 43.2 Å². The number of hydrogen-bond donors (Lipinski definition) is 0.